The van der Waals surface area contributed by atoms with Gasteiger partial charge in [-0.1, -0.05) is 22.5 Å². The highest BCUT2D eigenvalue weighted by Crippen LogP contribution is 2.33. The molecular formula is C8H12BrNO2S. The largest absolute Gasteiger partial charge is 0.293 e. The predicted molar refractivity (Wildman–Crippen MR) is 55.6 cm³/mol. The lowest BCUT2D eigenvalue weighted by molar-refractivity contribution is 0.293. The number of sulfone groups is 1. The van der Waals surface area contributed by atoms with E-state index in [9.17, 15) is 8.42 Å². The number of likely N-dealkylation sites (tertiary alicyclic amines) is 1. The first kappa shape index (κ1) is 9.68. The first-order valence-corrected chi connectivity index (χ1v) is 6.79. The molecule has 0 aromatic heterocycles. The molecule has 2 saturated heterocycles. The fourth-order valence-electron chi connectivity index (χ4n) is 2.19. The molecule has 3 nitrogen and oxygen atoms in total. The van der Waals surface area contributed by atoms with Crippen LogP contribution in [0.1, 0.15) is 6.42 Å². The number of rotatable bonds is 2. The van der Waals surface area contributed by atoms with Gasteiger partial charge in [-0.05, 0) is 6.42 Å². The molecule has 0 N–H and O–H groups in total. The van der Waals surface area contributed by atoms with Crippen molar-refractivity contribution in [3.8, 4) is 0 Å². The van der Waals surface area contributed by atoms with Crippen molar-refractivity contribution >= 4 is 25.8 Å². The van der Waals surface area contributed by atoms with Crippen LogP contribution in [0.2, 0.25) is 0 Å². The van der Waals surface area contributed by atoms with Gasteiger partial charge in [0.1, 0.15) is 0 Å². The molecule has 0 amide bonds. The Hall–Kier alpha value is 0.130. The van der Waals surface area contributed by atoms with Crippen molar-refractivity contribution in [3.63, 3.8) is 0 Å². The summed E-state index contributed by atoms with van der Waals surface area (Å²) in [7, 11) is -2.74. The first-order chi connectivity index (χ1) is 5.99. The van der Waals surface area contributed by atoms with Crippen molar-refractivity contribution in [1.29, 1.82) is 0 Å². The van der Waals surface area contributed by atoms with Gasteiger partial charge < -0.3 is 0 Å². The standard InChI is InChI=1S/C8H12BrNO2S/c1-6(9)3-10-4-8-2-7(10)5-13(8,11)12/h7-8H,1-5H2. The van der Waals surface area contributed by atoms with E-state index in [0.717, 1.165) is 17.4 Å². The average molecular weight is 266 g/mol. The second-order valence-corrected chi connectivity index (χ2v) is 7.23. The van der Waals surface area contributed by atoms with Crippen LogP contribution < -0.4 is 0 Å². The third kappa shape index (κ3) is 1.69. The first-order valence-electron chi connectivity index (χ1n) is 4.28. The summed E-state index contributed by atoms with van der Waals surface area (Å²) in [6, 6.07) is 0.240. The van der Waals surface area contributed by atoms with Crippen molar-refractivity contribution in [3.05, 3.63) is 11.1 Å². The van der Waals surface area contributed by atoms with Gasteiger partial charge in [-0.3, -0.25) is 4.90 Å². The summed E-state index contributed by atoms with van der Waals surface area (Å²) < 4.78 is 23.7. The van der Waals surface area contributed by atoms with Crippen LogP contribution in [-0.4, -0.2) is 43.5 Å². The zero-order valence-electron chi connectivity index (χ0n) is 7.24. The highest BCUT2D eigenvalue weighted by molar-refractivity contribution is 9.11. The number of nitrogens with zero attached hydrogens (tertiary/aromatic N) is 1. The molecule has 0 spiro atoms. The van der Waals surface area contributed by atoms with E-state index in [-0.39, 0.29) is 11.3 Å². The van der Waals surface area contributed by atoms with Crippen LogP contribution in [0, 0.1) is 0 Å². The minimum Gasteiger partial charge on any atom is -0.293 e. The second-order valence-electron chi connectivity index (χ2n) is 3.79. The van der Waals surface area contributed by atoms with Gasteiger partial charge in [0.15, 0.2) is 9.84 Å². The molecule has 2 unspecified atom stereocenters. The second kappa shape index (κ2) is 3.07. The summed E-state index contributed by atoms with van der Waals surface area (Å²) in [5.41, 5.74) is 0. The normalized spacial score (nSPS) is 36.7. The minimum atomic E-state index is -2.74. The molecular weight excluding hydrogens is 254 g/mol. The Morgan fingerprint density at radius 1 is 1.62 bits per heavy atom. The molecule has 2 bridgehead atoms. The quantitative estimate of drug-likeness (QED) is 0.740. The van der Waals surface area contributed by atoms with E-state index in [1.54, 1.807) is 0 Å². The maximum absolute atomic E-state index is 11.4. The highest BCUT2D eigenvalue weighted by atomic mass is 79.9. The van der Waals surface area contributed by atoms with E-state index < -0.39 is 9.84 Å². The van der Waals surface area contributed by atoms with Gasteiger partial charge in [0.05, 0.1) is 11.0 Å². The molecule has 2 atom stereocenters. The van der Waals surface area contributed by atoms with Gasteiger partial charge in [0.2, 0.25) is 0 Å². The van der Waals surface area contributed by atoms with Gasteiger partial charge in [-0.2, -0.15) is 0 Å². The van der Waals surface area contributed by atoms with Crippen LogP contribution in [0.25, 0.3) is 0 Å². The molecule has 0 aromatic rings. The molecule has 0 radical (unpaired) electrons. The van der Waals surface area contributed by atoms with Crippen LogP contribution >= 0.6 is 15.9 Å². The maximum Gasteiger partial charge on any atom is 0.156 e. The smallest absolute Gasteiger partial charge is 0.156 e. The summed E-state index contributed by atoms with van der Waals surface area (Å²) in [5.74, 6) is 0.345. The monoisotopic (exact) mass is 265 g/mol. The highest BCUT2D eigenvalue weighted by Gasteiger charge is 2.47. The zero-order valence-corrected chi connectivity index (χ0v) is 9.64. The molecule has 2 aliphatic heterocycles. The lowest BCUT2D eigenvalue weighted by atomic mass is 10.2. The van der Waals surface area contributed by atoms with Gasteiger partial charge >= 0.3 is 0 Å². The Labute approximate surface area is 86.8 Å². The zero-order chi connectivity index (χ0) is 9.64. The van der Waals surface area contributed by atoms with E-state index in [0.29, 0.717) is 12.3 Å². The molecule has 2 heterocycles. The molecule has 0 saturated carbocycles. The summed E-state index contributed by atoms with van der Waals surface area (Å²) >= 11 is 3.30. The lowest BCUT2D eigenvalue weighted by Gasteiger charge is -2.25. The van der Waals surface area contributed by atoms with Crippen LogP contribution in [0.15, 0.2) is 11.1 Å². The third-order valence-corrected chi connectivity index (χ3v) is 5.25. The molecule has 2 fully saturated rings. The molecule has 0 aromatic carbocycles. The van der Waals surface area contributed by atoms with Crippen molar-refractivity contribution in [1.82, 2.24) is 4.90 Å². The SMILES string of the molecule is C=C(Br)CN1CC2CC1CS2(=O)=O. The Balaban J connectivity index is 2.07. The van der Waals surface area contributed by atoms with E-state index in [2.05, 4.69) is 27.4 Å². The summed E-state index contributed by atoms with van der Waals surface area (Å²) in [6.07, 6.45) is 0.822. The van der Waals surface area contributed by atoms with Crippen LogP contribution in [0.4, 0.5) is 0 Å². The van der Waals surface area contributed by atoms with Gasteiger partial charge in [0, 0.05) is 23.6 Å². The van der Waals surface area contributed by atoms with Crippen LogP contribution in [0.5, 0.6) is 0 Å². The van der Waals surface area contributed by atoms with E-state index >= 15 is 0 Å². The molecule has 0 aliphatic carbocycles. The van der Waals surface area contributed by atoms with Crippen LogP contribution in [-0.2, 0) is 9.84 Å². The molecule has 2 rings (SSSR count). The minimum absolute atomic E-state index is 0.107. The molecule has 13 heavy (non-hydrogen) atoms. The number of fused-ring (bicyclic) bond motifs is 2. The molecule has 74 valence electrons. The van der Waals surface area contributed by atoms with Crippen molar-refractivity contribution < 1.29 is 8.42 Å². The Morgan fingerprint density at radius 2 is 2.31 bits per heavy atom. The van der Waals surface area contributed by atoms with Crippen molar-refractivity contribution in [2.24, 2.45) is 0 Å². The Bertz CT molecular complexity index is 338. The van der Waals surface area contributed by atoms with Gasteiger partial charge in [-0.15, -0.1) is 0 Å². The topological polar surface area (TPSA) is 37.4 Å². The summed E-state index contributed by atoms with van der Waals surface area (Å²) in [6.45, 7) is 5.23. The molecule has 5 heteroatoms. The number of hydrogen-bond donors (Lipinski definition) is 0. The van der Waals surface area contributed by atoms with Crippen LogP contribution in [0.3, 0.4) is 0 Å². The Morgan fingerprint density at radius 3 is 2.69 bits per heavy atom. The number of halogens is 1. The summed E-state index contributed by atoms with van der Waals surface area (Å²) in [4.78, 5) is 2.20. The fraction of sp³-hybridized carbons (Fsp3) is 0.750. The van der Waals surface area contributed by atoms with Gasteiger partial charge in [0.25, 0.3) is 0 Å². The van der Waals surface area contributed by atoms with Crippen molar-refractivity contribution in [2.45, 2.75) is 17.7 Å². The number of hydrogen-bond acceptors (Lipinski definition) is 3. The average Bonchev–Trinajstić information content (AvgIpc) is 2.41. The fourth-order valence-corrected chi connectivity index (χ4v) is 4.60. The third-order valence-electron chi connectivity index (χ3n) is 2.80. The Kier molecular flexibility index (Phi) is 2.28. The van der Waals surface area contributed by atoms with E-state index in [1.807, 2.05) is 0 Å². The van der Waals surface area contributed by atoms with Gasteiger partial charge in [-0.25, -0.2) is 8.42 Å². The summed E-state index contributed by atoms with van der Waals surface area (Å²) in [5, 5.41) is -0.107. The maximum atomic E-state index is 11.4. The lowest BCUT2D eigenvalue weighted by Crippen LogP contribution is -2.40. The molecule has 2 aliphatic rings. The predicted octanol–water partition coefficient (Wildman–Crippen LogP) is 0.766. The van der Waals surface area contributed by atoms with Crippen molar-refractivity contribution in [2.75, 3.05) is 18.8 Å². The van der Waals surface area contributed by atoms with E-state index in [1.165, 1.54) is 0 Å². The van der Waals surface area contributed by atoms with E-state index in [4.69, 9.17) is 0 Å².